The molecule has 1 aromatic carbocycles. The predicted octanol–water partition coefficient (Wildman–Crippen LogP) is 4.54. The van der Waals surface area contributed by atoms with E-state index in [2.05, 4.69) is 77.1 Å². The van der Waals surface area contributed by atoms with Gasteiger partial charge in [0.2, 0.25) is 0 Å². The molecule has 0 spiro atoms. The predicted molar refractivity (Wildman–Crippen MR) is 153 cm³/mol. The highest BCUT2D eigenvalue weighted by Crippen LogP contribution is 2.37. The van der Waals surface area contributed by atoms with E-state index in [0.29, 0.717) is 16.5 Å². The third-order valence-electron chi connectivity index (χ3n) is 6.29. The van der Waals surface area contributed by atoms with Crippen LogP contribution in [0, 0.1) is 0 Å². The normalized spacial score (nSPS) is 19.1. The lowest BCUT2D eigenvalue weighted by Gasteiger charge is -2.32. The standard InChI is InChI=1S/C25H26IN7OS/c1-15-16(2)30-25(27)35-23(15)17-3-4-19-14-29-21(12-20(19)11-17)31-24(34)18-5-6-28-22(13-18)32-7-9-33(26)10-8-32/h3-6,11-14,16H,7-10H2,1-2H3,(H2,27,30)(H,29,31,34). The number of piperazine rings is 1. The summed E-state index contributed by atoms with van der Waals surface area (Å²) in [7, 11) is 0. The number of rotatable bonds is 4. The Kier molecular flexibility index (Phi) is 6.94. The minimum Gasteiger partial charge on any atom is -0.378 e. The van der Waals surface area contributed by atoms with Gasteiger partial charge in [0, 0.05) is 77.3 Å². The number of hydrogen-bond donors (Lipinski definition) is 2. The summed E-state index contributed by atoms with van der Waals surface area (Å²) in [4.78, 5) is 29.7. The Morgan fingerprint density at radius 3 is 2.71 bits per heavy atom. The van der Waals surface area contributed by atoms with Crippen LogP contribution < -0.4 is 16.0 Å². The van der Waals surface area contributed by atoms with Crippen molar-refractivity contribution in [2.24, 2.45) is 10.7 Å². The molecule has 2 aliphatic heterocycles. The van der Waals surface area contributed by atoms with Gasteiger partial charge in [-0.1, -0.05) is 23.9 Å². The summed E-state index contributed by atoms with van der Waals surface area (Å²) >= 11 is 3.83. The van der Waals surface area contributed by atoms with E-state index in [-0.39, 0.29) is 11.9 Å². The number of amides is 1. The van der Waals surface area contributed by atoms with Gasteiger partial charge in [0.05, 0.1) is 6.04 Å². The van der Waals surface area contributed by atoms with Crippen LogP contribution in [0.2, 0.25) is 0 Å². The number of nitrogens with two attached hydrogens (primary N) is 1. The highest BCUT2D eigenvalue weighted by atomic mass is 127. The fourth-order valence-corrected chi connectivity index (χ4v) is 5.59. The Balaban J connectivity index is 1.37. The van der Waals surface area contributed by atoms with E-state index in [1.165, 1.54) is 17.3 Å². The molecule has 35 heavy (non-hydrogen) atoms. The molecular formula is C25H26IN7OS. The Morgan fingerprint density at radius 1 is 1.11 bits per heavy atom. The molecule has 1 atom stereocenters. The number of carbonyl (C=O) groups excluding carboxylic acids is 1. The Labute approximate surface area is 222 Å². The van der Waals surface area contributed by atoms with Crippen LogP contribution in [-0.2, 0) is 0 Å². The van der Waals surface area contributed by atoms with E-state index in [0.717, 1.165) is 53.2 Å². The van der Waals surface area contributed by atoms with Gasteiger partial charge in [-0.2, -0.15) is 0 Å². The number of aromatic nitrogens is 2. The lowest BCUT2D eigenvalue weighted by Crippen LogP contribution is -2.42. The molecular weight excluding hydrogens is 573 g/mol. The summed E-state index contributed by atoms with van der Waals surface area (Å²) in [6.07, 6.45) is 3.47. The molecule has 5 rings (SSSR count). The van der Waals surface area contributed by atoms with Crippen molar-refractivity contribution in [1.29, 1.82) is 0 Å². The molecule has 0 bridgehead atoms. The zero-order valence-electron chi connectivity index (χ0n) is 19.5. The first-order valence-electron chi connectivity index (χ1n) is 11.4. The fourth-order valence-electron chi connectivity index (χ4n) is 4.16. The second kappa shape index (κ2) is 10.1. The van der Waals surface area contributed by atoms with E-state index < -0.39 is 0 Å². The van der Waals surface area contributed by atoms with Gasteiger partial charge in [0.15, 0.2) is 5.17 Å². The zero-order valence-corrected chi connectivity index (χ0v) is 22.5. The van der Waals surface area contributed by atoms with Gasteiger partial charge in [-0.15, -0.1) is 0 Å². The molecule has 1 saturated heterocycles. The van der Waals surface area contributed by atoms with Gasteiger partial charge in [-0.3, -0.25) is 9.79 Å². The molecule has 180 valence electrons. The minimum atomic E-state index is -0.205. The van der Waals surface area contributed by atoms with E-state index >= 15 is 0 Å². The number of pyridine rings is 2. The van der Waals surface area contributed by atoms with Crippen LogP contribution in [0.25, 0.3) is 15.7 Å². The highest BCUT2D eigenvalue weighted by molar-refractivity contribution is 14.1. The zero-order chi connectivity index (χ0) is 24.5. The Bertz CT molecular complexity index is 1350. The average Bonchev–Trinajstić information content (AvgIpc) is 2.86. The molecule has 3 N–H and O–H groups in total. The second-order valence-electron chi connectivity index (χ2n) is 8.64. The monoisotopic (exact) mass is 599 g/mol. The van der Waals surface area contributed by atoms with E-state index in [4.69, 9.17) is 5.73 Å². The van der Waals surface area contributed by atoms with Crippen molar-refractivity contribution in [3.8, 4) is 0 Å². The molecule has 3 aromatic rings. The topological polar surface area (TPSA) is 99.7 Å². The number of amidine groups is 1. The summed E-state index contributed by atoms with van der Waals surface area (Å²) in [6.45, 7) is 7.86. The highest BCUT2D eigenvalue weighted by Gasteiger charge is 2.20. The summed E-state index contributed by atoms with van der Waals surface area (Å²) in [5, 5.41) is 5.52. The van der Waals surface area contributed by atoms with Crippen LogP contribution in [0.1, 0.15) is 29.8 Å². The van der Waals surface area contributed by atoms with Gasteiger partial charge >= 0.3 is 0 Å². The fraction of sp³-hybridized carbons (Fsp3) is 0.280. The van der Waals surface area contributed by atoms with E-state index in [1.807, 2.05) is 18.2 Å². The van der Waals surface area contributed by atoms with Crippen molar-refractivity contribution >= 4 is 73.0 Å². The molecule has 10 heteroatoms. The van der Waals surface area contributed by atoms with Gasteiger partial charge in [0.25, 0.3) is 5.91 Å². The average molecular weight is 600 g/mol. The lowest BCUT2D eigenvalue weighted by molar-refractivity contribution is 0.102. The molecule has 8 nitrogen and oxygen atoms in total. The molecule has 1 unspecified atom stereocenters. The number of nitrogens with one attached hydrogen (secondary N) is 1. The molecule has 2 aliphatic rings. The third-order valence-corrected chi connectivity index (χ3v) is 8.34. The first-order chi connectivity index (χ1) is 16.9. The minimum absolute atomic E-state index is 0.0601. The van der Waals surface area contributed by atoms with Crippen LogP contribution >= 0.6 is 34.6 Å². The largest absolute Gasteiger partial charge is 0.378 e. The number of carbonyl (C=O) groups is 1. The van der Waals surface area contributed by atoms with Crippen molar-refractivity contribution < 1.29 is 4.79 Å². The third kappa shape index (κ3) is 5.29. The number of benzene rings is 1. The maximum absolute atomic E-state index is 13.0. The Hall–Kier alpha value is -2.70. The molecule has 1 amide bonds. The first kappa shape index (κ1) is 24.0. The number of hydrogen-bond acceptors (Lipinski definition) is 8. The van der Waals surface area contributed by atoms with Crippen molar-refractivity contribution in [2.45, 2.75) is 19.9 Å². The van der Waals surface area contributed by atoms with E-state index in [9.17, 15) is 4.79 Å². The van der Waals surface area contributed by atoms with Crippen molar-refractivity contribution in [3.05, 3.63) is 65.5 Å². The van der Waals surface area contributed by atoms with Crippen molar-refractivity contribution in [1.82, 2.24) is 13.1 Å². The summed E-state index contributed by atoms with van der Waals surface area (Å²) < 4.78 is 2.26. The van der Waals surface area contributed by atoms with E-state index in [1.54, 1.807) is 18.5 Å². The second-order valence-corrected chi connectivity index (χ2v) is 11.0. The van der Waals surface area contributed by atoms with Crippen LogP contribution in [0.15, 0.2) is 59.4 Å². The first-order valence-corrected chi connectivity index (χ1v) is 13.2. The number of nitrogens with zero attached hydrogens (tertiary/aromatic N) is 5. The van der Waals surface area contributed by atoms with Crippen LogP contribution in [0.5, 0.6) is 0 Å². The number of fused-ring (bicyclic) bond motifs is 1. The molecule has 0 radical (unpaired) electrons. The lowest BCUT2D eigenvalue weighted by atomic mass is 10.0. The number of anilines is 2. The summed E-state index contributed by atoms with van der Waals surface area (Å²) in [5.41, 5.74) is 8.87. The summed E-state index contributed by atoms with van der Waals surface area (Å²) in [5.74, 6) is 1.13. The Morgan fingerprint density at radius 2 is 1.91 bits per heavy atom. The molecule has 0 aliphatic carbocycles. The number of aliphatic imine (C=N–C) groups is 1. The molecule has 4 heterocycles. The number of halogens is 1. The molecule has 1 fully saturated rings. The van der Waals surface area contributed by atoms with Crippen LogP contribution in [0.4, 0.5) is 11.6 Å². The van der Waals surface area contributed by atoms with Crippen LogP contribution in [0.3, 0.4) is 0 Å². The van der Waals surface area contributed by atoms with Crippen molar-refractivity contribution in [2.75, 3.05) is 36.4 Å². The maximum Gasteiger partial charge on any atom is 0.257 e. The maximum atomic E-state index is 13.0. The van der Waals surface area contributed by atoms with Crippen LogP contribution in [-0.4, -0.2) is 56.4 Å². The molecule has 0 saturated carbocycles. The van der Waals surface area contributed by atoms with Crippen molar-refractivity contribution in [3.63, 3.8) is 0 Å². The molecule has 2 aromatic heterocycles. The van der Waals surface area contributed by atoms with Gasteiger partial charge in [-0.05, 0) is 54.6 Å². The van der Waals surface area contributed by atoms with Gasteiger partial charge < -0.3 is 16.0 Å². The van der Waals surface area contributed by atoms with Gasteiger partial charge in [0.1, 0.15) is 11.6 Å². The SMILES string of the molecule is CC1=C(c2ccc3cnc(NC(=O)c4ccnc(N5CCN(I)CC5)c4)cc3c2)SC(N)=NC1C. The summed E-state index contributed by atoms with van der Waals surface area (Å²) in [6, 6.07) is 11.8. The number of thioether (sulfide) groups is 1. The van der Waals surface area contributed by atoms with Gasteiger partial charge in [-0.25, -0.2) is 13.1 Å². The smallest absolute Gasteiger partial charge is 0.257 e. The quantitative estimate of drug-likeness (QED) is 0.336.